The predicted molar refractivity (Wildman–Crippen MR) is 142 cm³/mol. The SMILES string of the molecule is CC1(F)C=CC(Oc2c(F)cc3[nH]ccc3c2F)=CC1.Cc1ncc(C(C)c2cccc(CCC=O)c2)[nH]1. The molecular weight excluding hydrogens is 491 g/mol. The number of ether oxygens (including phenoxy) is 1. The maximum Gasteiger partial charge on any atom is 0.199 e. The minimum atomic E-state index is -1.45. The van der Waals surface area contributed by atoms with Crippen LogP contribution in [0.2, 0.25) is 0 Å². The molecule has 4 aromatic rings. The Balaban J connectivity index is 0.000000178. The molecule has 0 fully saturated rings. The Morgan fingerprint density at radius 2 is 2.05 bits per heavy atom. The van der Waals surface area contributed by atoms with E-state index in [9.17, 15) is 18.0 Å². The largest absolute Gasteiger partial charge is 0.451 e. The second-order valence-electron chi connectivity index (χ2n) is 9.56. The molecule has 5 nitrogen and oxygen atoms in total. The molecule has 38 heavy (non-hydrogen) atoms. The van der Waals surface area contributed by atoms with Gasteiger partial charge in [-0.05, 0) is 55.7 Å². The lowest BCUT2D eigenvalue weighted by molar-refractivity contribution is -0.107. The highest BCUT2D eigenvalue weighted by Crippen LogP contribution is 2.32. The van der Waals surface area contributed by atoms with Crippen LogP contribution in [0.5, 0.6) is 5.75 Å². The second kappa shape index (κ2) is 11.5. The lowest BCUT2D eigenvalue weighted by Crippen LogP contribution is -2.16. The summed E-state index contributed by atoms with van der Waals surface area (Å²) in [6.07, 6.45) is 10.0. The number of aromatic amines is 2. The van der Waals surface area contributed by atoms with Crippen LogP contribution in [0.25, 0.3) is 10.9 Å². The first-order chi connectivity index (χ1) is 18.2. The van der Waals surface area contributed by atoms with E-state index in [1.165, 1.54) is 54.6 Å². The summed E-state index contributed by atoms with van der Waals surface area (Å²) in [7, 11) is 0. The number of imidazole rings is 1. The van der Waals surface area contributed by atoms with Crippen molar-refractivity contribution in [3.05, 3.63) is 107 Å². The molecule has 0 saturated carbocycles. The molecule has 198 valence electrons. The van der Waals surface area contributed by atoms with Gasteiger partial charge < -0.3 is 19.5 Å². The number of rotatable bonds is 7. The highest BCUT2D eigenvalue weighted by atomic mass is 19.1. The number of nitrogens with one attached hydrogen (secondary N) is 2. The van der Waals surface area contributed by atoms with E-state index in [0.717, 1.165) is 24.2 Å². The molecule has 2 aromatic carbocycles. The summed E-state index contributed by atoms with van der Waals surface area (Å²) in [5, 5.41) is 0.247. The molecule has 1 aliphatic rings. The molecule has 0 radical (unpaired) electrons. The molecule has 0 aliphatic heterocycles. The zero-order chi connectivity index (χ0) is 27.3. The maximum atomic E-state index is 14.2. The van der Waals surface area contributed by atoms with Crippen LogP contribution in [0.3, 0.4) is 0 Å². The van der Waals surface area contributed by atoms with Gasteiger partial charge in [-0.3, -0.25) is 0 Å². The molecule has 0 amide bonds. The molecule has 1 aliphatic carbocycles. The summed E-state index contributed by atoms with van der Waals surface area (Å²) in [6.45, 7) is 5.53. The van der Waals surface area contributed by atoms with E-state index in [1.54, 1.807) is 0 Å². The average molecular weight is 522 g/mol. The minimum absolute atomic E-state index is 0.106. The number of hydrogen-bond acceptors (Lipinski definition) is 3. The zero-order valence-electron chi connectivity index (χ0n) is 21.5. The molecule has 0 saturated heterocycles. The van der Waals surface area contributed by atoms with Crippen LogP contribution in [-0.4, -0.2) is 26.9 Å². The topological polar surface area (TPSA) is 70.8 Å². The molecule has 5 rings (SSSR count). The third-order valence-electron chi connectivity index (χ3n) is 6.41. The van der Waals surface area contributed by atoms with Crippen molar-refractivity contribution in [1.29, 1.82) is 0 Å². The van der Waals surface area contributed by atoms with Crippen LogP contribution in [0.15, 0.2) is 72.8 Å². The van der Waals surface area contributed by atoms with Gasteiger partial charge in [-0.1, -0.05) is 31.2 Å². The van der Waals surface area contributed by atoms with Crippen LogP contribution < -0.4 is 4.74 Å². The minimum Gasteiger partial charge on any atom is -0.451 e. The van der Waals surface area contributed by atoms with Crippen molar-refractivity contribution in [1.82, 2.24) is 15.0 Å². The number of carbonyl (C=O) groups is 1. The fourth-order valence-electron chi connectivity index (χ4n) is 4.17. The number of allylic oxidation sites excluding steroid dienone is 3. The van der Waals surface area contributed by atoms with Crippen LogP contribution >= 0.6 is 0 Å². The molecule has 8 heteroatoms. The summed E-state index contributed by atoms with van der Waals surface area (Å²) < 4.78 is 46.8. The third-order valence-corrected chi connectivity index (χ3v) is 6.41. The quantitative estimate of drug-likeness (QED) is 0.249. The van der Waals surface area contributed by atoms with Crippen molar-refractivity contribution in [3.63, 3.8) is 0 Å². The number of halogens is 3. The number of H-pyrrole nitrogens is 2. The number of carbonyl (C=O) groups excluding carboxylic acids is 1. The molecule has 2 atom stereocenters. The summed E-state index contributed by atoms with van der Waals surface area (Å²) in [6, 6.07) is 11.1. The Morgan fingerprint density at radius 3 is 2.74 bits per heavy atom. The van der Waals surface area contributed by atoms with Crippen molar-refractivity contribution in [2.45, 2.75) is 51.6 Å². The van der Waals surface area contributed by atoms with Crippen molar-refractivity contribution in [2.75, 3.05) is 0 Å². The van der Waals surface area contributed by atoms with E-state index in [-0.39, 0.29) is 17.6 Å². The lowest BCUT2D eigenvalue weighted by atomic mass is 9.95. The van der Waals surface area contributed by atoms with E-state index in [2.05, 4.69) is 46.1 Å². The first-order valence-electron chi connectivity index (χ1n) is 12.4. The van der Waals surface area contributed by atoms with Crippen molar-refractivity contribution in [2.24, 2.45) is 0 Å². The van der Waals surface area contributed by atoms with Crippen LogP contribution in [0, 0.1) is 18.6 Å². The molecular formula is C30H30F3N3O2. The standard InChI is InChI=1S/C15H12F3NO.C15H18N2O/c1-15(18)5-2-9(3-6-15)20-14-11(16)8-12-10(13(14)17)4-7-19-12;1-11(15-10-16-12(2)17-15)14-7-3-5-13(9-14)6-4-8-18/h2-5,7-8,19H,6H2,1H3;3,5,7-11H,4,6H2,1-2H3,(H,16,17). The van der Waals surface area contributed by atoms with Gasteiger partial charge in [0.25, 0.3) is 0 Å². The van der Waals surface area contributed by atoms with Gasteiger partial charge >= 0.3 is 0 Å². The van der Waals surface area contributed by atoms with Gasteiger partial charge in [-0.25, -0.2) is 18.2 Å². The third kappa shape index (κ3) is 6.43. The van der Waals surface area contributed by atoms with Gasteiger partial charge in [0.2, 0.25) is 0 Å². The second-order valence-corrected chi connectivity index (χ2v) is 9.56. The average Bonchev–Trinajstić information content (AvgIpc) is 3.55. The van der Waals surface area contributed by atoms with E-state index in [1.807, 2.05) is 13.1 Å². The predicted octanol–water partition coefficient (Wildman–Crippen LogP) is 7.40. The van der Waals surface area contributed by atoms with Gasteiger partial charge in [-0.2, -0.15) is 0 Å². The van der Waals surface area contributed by atoms with Crippen LogP contribution in [0.4, 0.5) is 13.2 Å². The number of alkyl halides is 1. The number of aryl methyl sites for hydroxylation is 2. The van der Waals surface area contributed by atoms with E-state index in [0.29, 0.717) is 17.9 Å². The van der Waals surface area contributed by atoms with Crippen LogP contribution in [0.1, 0.15) is 55.3 Å². The van der Waals surface area contributed by atoms with Gasteiger partial charge in [0.15, 0.2) is 17.4 Å². The molecule has 0 spiro atoms. The Labute approximate surface area is 219 Å². The van der Waals surface area contributed by atoms with E-state index in [4.69, 9.17) is 4.74 Å². The van der Waals surface area contributed by atoms with Crippen molar-refractivity contribution in [3.8, 4) is 5.75 Å². The lowest BCUT2D eigenvalue weighted by Gasteiger charge is -2.19. The summed E-state index contributed by atoms with van der Waals surface area (Å²) >= 11 is 0. The summed E-state index contributed by atoms with van der Waals surface area (Å²) in [5.74, 6) is -0.593. The summed E-state index contributed by atoms with van der Waals surface area (Å²) in [5.41, 5.74) is 2.50. The Hall–Kier alpha value is -4.07. The molecule has 2 heterocycles. The number of aromatic nitrogens is 3. The number of fused-ring (bicyclic) bond motifs is 1. The molecule has 2 aromatic heterocycles. The normalized spacial score (nSPS) is 17.5. The molecule has 0 bridgehead atoms. The Morgan fingerprint density at radius 1 is 1.24 bits per heavy atom. The number of aldehydes is 1. The highest BCUT2D eigenvalue weighted by Gasteiger charge is 2.23. The fraction of sp³-hybridized carbons (Fsp3) is 0.267. The highest BCUT2D eigenvalue weighted by molar-refractivity contribution is 5.82. The van der Waals surface area contributed by atoms with Gasteiger partial charge in [0.1, 0.15) is 23.5 Å². The summed E-state index contributed by atoms with van der Waals surface area (Å²) in [4.78, 5) is 20.6. The zero-order valence-corrected chi connectivity index (χ0v) is 21.5. The van der Waals surface area contributed by atoms with E-state index < -0.39 is 23.1 Å². The molecule has 2 N–H and O–H groups in total. The Kier molecular flexibility index (Phi) is 8.20. The first kappa shape index (κ1) is 27.0. The van der Waals surface area contributed by atoms with Crippen LogP contribution in [-0.2, 0) is 11.2 Å². The number of nitrogens with zero attached hydrogens (tertiary/aromatic N) is 1. The van der Waals surface area contributed by atoms with Gasteiger partial charge in [0.05, 0.1) is 5.52 Å². The number of benzene rings is 2. The van der Waals surface area contributed by atoms with Crippen molar-refractivity contribution < 1.29 is 22.7 Å². The smallest absolute Gasteiger partial charge is 0.199 e. The molecule has 2 unspecified atom stereocenters. The number of hydrogen-bond donors (Lipinski definition) is 2. The van der Waals surface area contributed by atoms with E-state index >= 15 is 0 Å². The first-order valence-corrected chi connectivity index (χ1v) is 12.4. The van der Waals surface area contributed by atoms with Gasteiger partial charge in [-0.15, -0.1) is 0 Å². The maximum absolute atomic E-state index is 14.2. The Bertz CT molecular complexity index is 1480. The fourth-order valence-corrected chi connectivity index (χ4v) is 4.17. The van der Waals surface area contributed by atoms with Gasteiger partial charge in [0, 0.05) is 48.3 Å². The van der Waals surface area contributed by atoms with Crippen molar-refractivity contribution >= 4 is 17.2 Å². The monoisotopic (exact) mass is 521 g/mol.